The molecule has 0 unspecified atom stereocenters. The van der Waals surface area contributed by atoms with Gasteiger partial charge in [-0.15, -0.1) is 0 Å². The Balaban J connectivity index is 1.40. The first kappa shape index (κ1) is 21.3. The van der Waals surface area contributed by atoms with Gasteiger partial charge in [-0.3, -0.25) is 0 Å². The Morgan fingerprint density at radius 3 is 2.55 bits per heavy atom. The van der Waals surface area contributed by atoms with Gasteiger partial charge in [-0.05, 0) is 49.6 Å². The molecule has 2 fully saturated rings. The molecular formula is C24H34N6O. The van der Waals surface area contributed by atoms with Gasteiger partial charge in [-0.1, -0.05) is 12.1 Å². The van der Waals surface area contributed by atoms with Crippen LogP contribution in [0.2, 0.25) is 0 Å². The van der Waals surface area contributed by atoms with Crippen LogP contribution < -0.4 is 19.9 Å². The smallest absolute Gasteiger partial charge is 0.194 e. The first-order chi connectivity index (χ1) is 15.3. The average molecular weight is 423 g/mol. The molecule has 0 saturated carbocycles. The number of nitrogens with zero attached hydrogens (tertiary/aromatic N) is 5. The van der Waals surface area contributed by atoms with Gasteiger partial charge in [-0.2, -0.15) is 0 Å². The zero-order chi connectivity index (χ0) is 21.5. The summed E-state index contributed by atoms with van der Waals surface area (Å²) in [7, 11) is 1.74. The Morgan fingerprint density at radius 2 is 1.81 bits per heavy atom. The first-order valence-corrected chi connectivity index (χ1v) is 11.4. The number of hydrogen-bond acceptors (Lipinski definition) is 5. The zero-order valence-electron chi connectivity index (χ0n) is 18.8. The molecule has 2 aliphatic rings. The molecule has 1 aromatic carbocycles. The van der Waals surface area contributed by atoms with Crippen molar-refractivity contribution in [1.82, 2.24) is 15.2 Å². The van der Waals surface area contributed by atoms with Crippen LogP contribution in [-0.2, 0) is 6.54 Å². The fraction of sp³-hybridized carbons (Fsp3) is 0.500. The third kappa shape index (κ3) is 5.21. The summed E-state index contributed by atoms with van der Waals surface area (Å²) in [6.45, 7) is 9.62. The number of aromatic nitrogens is 1. The van der Waals surface area contributed by atoms with Crippen molar-refractivity contribution in [1.29, 1.82) is 0 Å². The lowest BCUT2D eigenvalue weighted by Gasteiger charge is -2.38. The Morgan fingerprint density at radius 1 is 1.03 bits per heavy atom. The average Bonchev–Trinajstić information content (AvgIpc) is 3.37. The summed E-state index contributed by atoms with van der Waals surface area (Å²) >= 11 is 0. The van der Waals surface area contributed by atoms with Gasteiger partial charge in [0.2, 0.25) is 0 Å². The number of aliphatic imine (C=N–C) groups is 1. The molecular weight excluding hydrogens is 388 g/mol. The lowest BCUT2D eigenvalue weighted by atomic mass is 10.2. The van der Waals surface area contributed by atoms with Gasteiger partial charge in [0.15, 0.2) is 5.96 Å². The van der Waals surface area contributed by atoms with Crippen LogP contribution in [0.15, 0.2) is 47.6 Å². The van der Waals surface area contributed by atoms with Crippen LogP contribution in [0.5, 0.6) is 5.75 Å². The van der Waals surface area contributed by atoms with Crippen LogP contribution in [0, 0.1) is 0 Å². The van der Waals surface area contributed by atoms with Gasteiger partial charge in [-0.25, -0.2) is 9.98 Å². The standard InChI is InChI=1S/C24H34N6O/c1-3-25-24(27-19-20-10-11-26-23(18-20)29-12-6-7-13-29)30-16-14-28(15-17-30)21-8-4-5-9-22(21)31-2/h4-5,8-11,18H,3,6-7,12-17,19H2,1-2H3,(H,25,27). The van der Waals surface area contributed by atoms with Crippen LogP contribution >= 0.6 is 0 Å². The van der Waals surface area contributed by atoms with Crippen molar-refractivity contribution in [2.75, 3.05) is 62.7 Å². The van der Waals surface area contributed by atoms with E-state index in [2.05, 4.69) is 56.2 Å². The number of guanidine groups is 1. The summed E-state index contributed by atoms with van der Waals surface area (Å²) in [4.78, 5) is 16.6. The SMILES string of the molecule is CCNC(=NCc1ccnc(N2CCCC2)c1)N1CCN(c2ccccc2OC)CC1. The molecule has 7 heteroatoms. The molecule has 1 N–H and O–H groups in total. The van der Waals surface area contributed by atoms with E-state index in [-0.39, 0.29) is 0 Å². The minimum atomic E-state index is 0.665. The van der Waals surface area contributed by atoms with E-state index in [1.54, 1.807) is 7.11 Å². The van der Waals surface area contributed by atoms with Gasteiger partial charge < -0.3 is 24.8 Å². The summed E-state index contributed by atoms with van der Waals surface area (Å²) in [5, 5.41) is 3.48. The van der Waals surface area contributed by atoms with E-state index in [9.17, 15) is 0 Å². The minimum Gasteiger partial charge on any atom is -0.495 e. The topological polar surface area (TPSA) is 56.2 Å². The number of anilines is 2. The lowest BCUT2D eigenvalue weighted by Crippen LogP contribution is -2.52. The van der Waals surface area contributed by atoms with E-state index in [1.165, 1.54) is 18.4 Å². The monoisotopic (exact) mass is 422 g/mol. The van der Waals surface area contributed by atoms with Gasteiger partial charge in [0.25, 0.3) is 0 Å². The molecule has 3 heterocycles. The highest BCUT2D eigenvalue weighted by Gasteiger charge is 2.21. The maximum atomic E-state index is 5.55. The Bertz CT molecular complexity index is 872. The summed E-state index contributed by atoms with van der Waals surface area (Å²) in [5.74, 6) is 3.00. The molecule has 4 rings (SSSR count). The predicted octanol–water partition coefficient (Wildman–Crippen LogP) is 2.98. The molecule has 0 amide bonds. The summed E-state index contributed by atoms with van der Waals surface area (Å²) in [6, 6.07) is 12.5. The van der Waals surface area contributed by atoms with Crippen molar-refractivity contribution in [3.05, 3.63) is 48.2 Å². The van der Waals surface area contributed by atoms with Crippen LogP contribution in [-0.4, -0.2) is 68.8 Å². The Labute approximate surface area is 185 Å². The molecule has 2 aliphatic heterocycles. The lowest BCUT2D eigenvalue weighted by molar-refractivity contribution is 0.367. The summed E-state index contributed by atoms with van der Waals surface area (Å²) < 4.78 is 5.55. The zero-order valence-corrected chi connectivity index (χ0v) is 18.8. The molecule has 31 heavy (non-hydrogen) atoms. The first-order valence-electron chi connectivity index (χ1n) is 11.4. The van der Waals surface area contributed by atoms with Crippen molar-refractivity contribution in [2.24, 2.45) is 4.99 Å². The normalized spacial score (nSPS) is 17.2. The van der Waals surface area contributed by atoms with Gasteiger partial charge in [0.1, 0.15) is 11.6 Å². The second kappa shape index (κ2) is 10.4. The van der Waals surface area contributed by atoms with E-state index in [0.717, 1.165) is 69.0 Å². The highest BCUT2D eigenvalue weighted by Crippen LogP contribution is 2.28. The van der Waals surface area contributed by atoms with Crippen LogP contribution in [0.1, 0.15) is 25.3 Å². The van der Waals surface area contributed by atoms with Crippen molar-refractivity contribution < 1.29 is 4.74 Å². The van der Waals surface area contributed by atoms with E-state index in [0.29, 0.717) is 6.54 Å². The van der Waals surface area contributed by atoms with Crippen LogP contribution in [0.25, 0.3) is 0 Å². The molecule has 0 bridgehead atoms. The number of nitrogens with one attached hydrogen (secondary N) is 1. The number of benzene rings is 1. The maximum Gasteiger partial charge on any atom is 0.194 e. The third-order valence-electron chi connectivity index (χ3n) is 5.99. The van der Waals surface area contributed by atoms with Crippen molar-refractivity contribution >= 4 is 17.5 Å². The third-order valence-corrected chi connectivity index (χ3v) is 5.99. The second-order valence-electron chi connectivity index (χ2n) is 8.03. The number of pyridine rings is 1. The number of rotatable bonds is 6. The van der Waals surface area contributed by atoms with Gasteiger partial charge >= 0.3 is 0 Å². The molecule has 7 nitrogen and oxygen atoms in total. The van der Waals surface area contributed by atoms with E-state index in [4.69, 9.17) is 9.73 Å². The number of ether oxygens (including phenoxy) is 1. The summed E-state index contributed by atoms with van der Waals surface area (Å²) in [5.41, 5.74) is 2.37. The molecule has 1 aromatic heterocycles. The molecule has 166 valence electrons. The van der Waals surface area contributed by atoms with Crippen molar-refractivity contribution in [3.63, 3.8) is 0 Å². The minimum absolute atomic E-state index is 0.665. The van der Waals surface area contributed by atoms with E-state index < -0.39 is 0 Å². The van der Waals surface area contributed by atoms with Gasteiger partial charge in [0, 0.05) is 52.0 Å². The molecule has 0 aliphatic carbocycles. The summed E-state index contributed by atoms with van der Waals surface area (Å²) in [6.07, 6.45) is 4.43. The highest BCUT2D eigenvalue weighted by atomic mass is 16.5. The van der Waals surface area contributed by atoms with Crippen molar-refractivity contribution in [2.45, 2.75) is 26.3 Å². The number of hydrogen-bond donors (Lipinski definition) is 1. The largest absolute Gasteiger partial charge is 0.495 e. The molecule has 0 atom stereocenters. The molecule has 0 spiro atoms. The van der Waals surface area contributed by atoms with Crippen LogP contribution in [0.3, 0.4) is 0 Å². The van der Waals surface area contributed by atoms with E-state index in [1.807, 2.05) is 18.3 Å². The van der Waals surface area contributed by atoms with Gasteiger partial charge in [0.05, 0.1) is 19.3 Å². The fourth-order valence-corrected chi connectivity index (χ4v) is 4.32. The highest BCUT2D eigenvalue weighted by molar-refractivity contribution is 5.80. The Hall–Kier alpha value is -2.96. The number of piperazine rings is 1. The van der Waals surface area contributed by atoms with Crippen LogP contribution in [0.4, 0.5) is 11.5 Å². The van der Waals surface area contributed by atoms with E-state index >= 15 is 0 Å². The fourth-order valence-electron chi connectivity index (χ4n) is 4.32. The number of para-hydroxylation sites is 2. The molecule has 0 radical (unpaired) electrons. The van der Waals surface area contributed by atoms with Crippen molar-refractivity contribution in [3.8, 4) is 5.75 Å². The Kier molecular flexibility index (Phi) is 7.12. The quantitative estimate of drug-likeness (QED) is 0.571. The second-order valence-corrected chi connectivity index (χ2v) is 8.03. The number of methoxy groups -OCH3 is 1. The predicted molar refractivity (Wildman–Crippen MR) is 127 cm³/mol. The molecule has 2 saturated heterocycles. The molecule has 2 aromatic rings. The maximum absolute atomic E-state index is 5.55.